The Balaban J connectivity index is 1.47. The fourth-order valence-electron chi connectivity index (χ4n) is 5.40. The molecular weight excluding hydrogens is 424 g/mol. The molecule has 34 heavy (non-hydrogen) atoms. The zero-order valence-corrected chi connectivity index (χ0v) is 19.4. The minimum Gasteiger partial charge on any atom is -0.508 e. The maximum atomic E-state index is 10.4. The Kier molecular flexibility index (Phi) is 5.43. The van der Waals surface area contributed by atoms with Crippen molar-refractivity contribution in [3.05, 3.63) is 54.6 Å². The monoisotopic (exact) mass is 454 g/mol. The molecule has 4 aromatic rings. The predicted octanol–water partition coefficient (Wildman–Crippen LogP) is 3.73. The minimum absolute atomic E-state index is 0.267. The average Bonchev–Trinajstić information content (AvgIpc) is 3.20. The molecule has 3 heterocycles. The van der Waals surface area contributed by atoms with Gasteiger partial charge in [-0.25, -0.2) is 4.98 Å². The van der Waals surface area contributed by atoms with E-state index in [2.05, 4.69) is 45.1 Å². The number of fused-ring (bicyclic) bond motifs is 4. The molecule has 0 saturated carbocycles. The van der Waals surface area contributed by atoms with Gasteiger partial charge in [0, 0.05) is 43.6 Å². The van der Waals surface area contributed by atoms with E-state index in [-0.39, 0.29) is 5.75 Å². The highest BCUT2D eigenvalue weighted by molar-refractivity contribution is 6.01. The number of aromatic hydroxyl groups is 1. The van der Waals surface area contributed by atoms with E-state index in [4.69, 9.17) is 9.97 Å². The first-order chi connectivity index (χ1) is 16.7. The van der Waals surface area contributed by atoms with Gasteiger partial charge in [-0.2, -0.15) is 4.98 Å². The predicted molar refractivity (Wildman–Crippen MR) is 139 cm³/mol. The summed E-state index contributed by atoms with van der Waals surface area (Å²) in [6, 6.07) is 19.3. The minimum atomic E-state index is 0.267. The molecule has 4 N–H and O–H groups in total. The standard InChI is InChI=1S/C27H30N6O/c1-28-10-11-29-27-31-25-13-18(24-14-21(34)12-17-4-2-3-5-22(17)24)6-9-23(25)26(32-27)33-15-19-7-8-20(16-33)30-19/h2-6,9,12-14,19-20,28,30,34H,7-8,10-11,15-16H2,1H3,(H,29,31,32). The second kappa shape index (κ2) is 8.74. The van der Waals surface area contributed by atoms with E-state index in [0.29, 0.717) is 18.0 Å². The first kappa shape index (κ1) is 21.1. The highest BCUT2D eigenvalue weighted by Gasteiger charge is 2.33. The van der Waals surface area contributed by atoms with E-state index in [1.54, 1.807) is 0 Å². The molecule has 174 valence electrons. The summed E-state index contributed by atoms with van der Waals surface area (Å²) in [5.74, 6) is 1.92. The van der Waals surface area contributed by atoms with Crippen molar-refractivity contribution in [1.29, 1.82) is 0 Å². The topological polar surface area (TPSA) is 85.3 Å². The number of hydrogen-bond acceptors (Lipinski definition) is 7. The van der Waals surface area contributed by atoms with Crippen molar-refractivity contribution in [1.82, 2.24) is 20.6 Å². The molecule has 2 fully saturated rings. The molecule has 2 unspecified atom stereocenters. The van der Waals surface area contributed by atoms with Crippen molar-refractivity contribution >= 4 is 33.4 Å². The van der Waals surface area contributed by atoms with Crippen LogP contribution in [0.4, 0.5) is 11.8 Å². The highest BCUT2D eigenvalue weighted by Crippen LogP contribution is 2.36. The lowest BCUT2D eigenvalue weighted by atomic mass is 9.97. The summed E-state index contributed by atoms with van der Waals surface area (Å²) in [6.45, 7) is 3.53. The van der Waals surface area contributed by atoms with Gasteiger partial charge in [-0.05, 0) is 66.1 Å². The van der Waals surface area contributed by atoms with Crippen molar-refractivity contribution in [2.75, 3.05) is 43.4 Å². The quantitative estimate of drug-likeness (QED) is 0.330. The number of hydrogen-bond donors (Lipinski definition) is 4. The van der Waals surface area contributed by atoms with Crippen LogP contribution in [-0.4, -0.2) is 60.4 Å². The van der Waals surface area contributed by atoms with Gasteiger partial charge in [0.25, 0.3) is 0 Å². The van der Waals surface area contributed by atoms with Crippen molar-refractivity contribution in [2.24, 2.45) is 0 Å². The van der Waals surface area contributed by atoms with E-state index in [0.717, 1.165) is 64.8 Å². The lowest BCUT2D eigenvalue weighted by molar-refractivity contribution is 0.464. The SMILES string of the molecule is CNCCNc1nc(N2CC3CCC(C2)N3)c2ccc(-c3cc(O)cc4ccccc34)cc2n1. The van der Waals surface area contributed by atoms with Crippen molar-refractivity contribution < 1.29 is 5.11 Å². The highest BCUT2D eigenvalue weighted by atomic mass is 16.3. The number of anilines is 2. The van der Waals surface area contributed by atoms with Crippen LogP contribution >= 0.6 is 0 Å². The van der Waals surface area contributed by atoms with Gasteiger partial charge in [-0.1, -0.05) is 30.3 Å². The Morgan fingerprint density at radius 3 is 2.62 bits per heavy atom. The van der Waals surface area contributed by atoms with Gasteiger partial charge in [-0.3, -0.25) is 0 Å². The normalized spacial score (nSPS) is 19.7. The number of benzene rings is 3. The first-order valence-electron chi connectivity index (χ1n) is 12.1. The van der Waals surface area contributed by atoms with E-state index in [1.165, 1.54) is 12.8 Å². The summed E-state index contributed by atoms with van der Waals surface area (Å²) in [5, 5.41) is 23.8. The number of aromatic nitrogens is 2. The van der Waals surface area contributed by atoms with Crippen molar-refractivity contribution in [3.63, 3.8) is 0 Å². The van der Waals surface area contributed by atoms with Crippen molar-refractivity contribution in [3.8, 4) is 16.9 Å². The van der Waals surface area contributed by atoms with Gasteiger partial charge in [-0.15, -0.1) is 0 Å². The summed E-state index contributed by atoms with van der Waals surface area (Å²) >= 11 is 0. The van der Waals surface area contributed by atoms with Gasteiger partial charge in [0.1, 0.15) is 11.6 Å². The molecule has 2 saturated heterocycles. The second-order valence-corrected chi connectivity index (χ2v) is 9.39. The number of likely N-dealkylation sites (N-methyl/N-ethyl adjacent to an activating group) is 1. The van der Waals surface area contributed by atoms with Crippen LogP contribution in [0, 0.1) is 0 Å². The summed E-state index contributed by atoms with van der Waals surface area (Å²) in [5.41, 5.74) is 2.95. The first-order valence-corrected chi connectivity index (χ1v) is 12.1. The smallest absolute Gasteiger partial charge is 0.225 e. The number of nitrogens with one attached hydrogen (secondary N) is 3. The molecule has 6 rings (SSSR count). The number of piperazine rings is 1. The largest absolute Gasteiger partial charge is 0.508 e. The fraction of sp³-hybridized carbons (Fsp3) is 0.333. The maximum absolute atomic E-state index is 10.4. The number of phenols is 1. The van der Waals surface area contributed by atoms with E-state index in [9.17, 15) is 5.11 Å². The second-order valence-electron chi connectivity index (χ2n) is 9.39. The molecule has 0 aliphatic carbocycles. The molecule has 7 heteroatoms. The third-order valence-electron chi connectivity index (χ3n) is 7.01. The molecule has 3 aromatic carbocycles. The van der Waals surface area contributed by atoms with E-state index < -0.39 is 0 Å². The third kappa shape index (κ3) is 3.91. The molecule has 7 nitrogen and oxygen atoms in total. The molecule has 0 amide bonds. The Morgan fingerprint density at radius 2 is 1.79 bits per heavy atom. The number of rotatable bonds is 6. The van der Waals surface area contributed by atoms with Crippen LogP contribution in [0.5, 0.6) is 5.75 Å². The molecule has 0 spiro atoms. The fourth-order valence-corrected chi connectivity index (χ4v) is 5.40. The lowest BCUT2D eigenvalue weighted by Crippen LogP contribution is -2.51. The summed E-state index contributed by atoms with van der Waals surface area (Å²) in [4.78, 5) is 12.3. The molecule has 1 aromatic heterocycles. The van der Waals surface area contributed by atoms with E-state index in [1.807, 2.05) is 37.4 Å². The van der Waals surface area contributed by atoms with Gasteiger partial charge < -0.3 is 26.0 Å². The summed E-state index contributed by atoms with van der Waals surface area (Å²) < 4.78 is 0. The Morgan fingerprint density at radius 1 is 0.971 bits per heavy atom. The third-order valence-corrected chi connectivity index (χ3v) is 7.01. The van der Waals surface area contributed by atoms with Crippen LogP contribution in [-0.2, 0) is 0 Å². The van der Waals surface area contributed by atoms with Crippen LogP contribution in [0.1, 0.15) is 12.8 Å². The van der Waals surface area contributed by atoms with Crippen LogP contribution in [0.15, 0.2) is 54.6 Å². The van der Waals surface area contributed by atoms with Gasteiger partial charge in [0.2, 0.25) is 5.95 Å². The molecule has 2 atom stereocenters. The Hall–Kier alpha value is -3.42. The van der Waals surface area contributed by atoms with E-state index >= 15 is 0 Å². The number of phenolic OH excluding ortho intramolecular Hbond substituents is 1. The Labute approximate surface area is 199 Å². The molecular formula is C27H30N6O. The van der Waals surface area contributed by atoms with Crippen LogP contribution in [0.2, 0.25) is 0 Å². The van der Waals surface area contributed by atoms with Gasteiger partial charge in [0.15, 0.2) is 0 Å². The van der Waals surface area contributed by atoms with Crippen LogP contribution in [0.25, 0.3) is 32.8 Å². The number of nitrogens with zero attached hydrogens (tertiary/aromatic N) is 3. The lowest BCUT2D eigenvalue weighted by Gasteiger charge is -2.34. The van der Waals surface area contributed by atoms with Crippen LogP contribution < -0.4 is 20.9 Å². The summed E-state index contributed by atoms with van der Waals surface area (Å²) in [7, 11) is 1.94. The molecule has 0 radical (unpaired) electrons. The van der Waals surface area contributed by atoms with Gasteiger partial charge >= 0.3 is 0 Å². The Bertz CT molecular complexity index is 1340. The summed E-state index contributed by atoms with van der Waals surface area (Å²) in [6.07, 6.45) is 2.46. The van der Waals surface area contributed by atoms with Gasteiger partial charge in [0.05, 0.1) is 5.52 Å². The molecule has 2 bridgehead atoms. The van der Waals surface area contributed by atoms with Crippen molar-refractivity contribution in [2.45, 2.75) is 24.9 Å². The maximum Gasteiger partial charge on any atom is 0.225 e. The zero-order valence-electron chi connectivity index (χ0n) is 19.4. The molecule has 2 aliphatic rings. The molecule has 2 aliphatic heterocycles. The van der Waals surface area contributed by atoms with Crippen LogP contribution in [0.3, 0.4) is 0 Å². The zero-order chi connectivity index (χ0) is 23.1. The average molecular weight is 455 g/mol.